The molecule has 2 aromatic carbocycles. The highest BCUT2D eigenvalue weighted by Gasteiger charge is 2.35. The van der Waals surface area contributed by atoms with E-state index in [-0.39, 0.29) is 23.3 Å². The molecule has 0 fully saturated rings. The Morgan fingerprint density at radius 1 is 1.13 bits per heavy atom. The van der Waals surface area contributed by atoms with Gasteiger partial charge in [-0.1, -0.05) is 24.3 Å². The molecule has 1 aliphatic heterocycles. The second kappa shape index (κ2) is 8.73. The third-order valence-electron chi connectivity index (χ3n) is 4.58. The number of rotatable bonds is 5. The Balaban J connectivity index is 1.44. The maximum atomic E-state index is 14.2. The summed E-state index contributed by atoms with van der Waals surface area (Å²) in [6.45, 7) is 2.93. The molecule has 31 heavy (non-hydrogen) atoms. The molecule has 0 radical (unpaired) electrons. The number of esters is 1. The standard InChI is InChI=1S/C22H19FN2O5S/c1-13-20(30-19-10-6-5-9-18(19)29-13)21(27)28-11-15-12-31-22(24-15)25(14(2)26)17-8-4-3-7-16(17)23/h3-10,12-13,20H,11H2,1-2H3. The molecule has 0 aliphatic carbocycles. The number of halogens is 1. The van der Waals surface area contributed by atoms with Crippen molar-refractivity contribution in [2.75, 3.05) is 4.90 Å². The van der Waals surface area contributed by atoms with Crippen LogP contribution in [0, 0.1) is 5.82 Å². The number of carbonyl (C=O) groups is 2. The summed E-state index contributed by atoms with van der Waals surface area (Å²) in [7, 11) is 0. The second-order valence-corrected chi connectivity index (χ2v) is 7.68. The van der Waals surface area contributed by atoms with Crippen LogP contribution in [-0.4, -0.2) is 29.1 Å². The molecule has 7 nitrogen and oxygen atoms in total. The van der Waals surface area contributed by atoms with Gasteiger partial charge >= 0.3 is 5.97 Å². The fourth-order valence-electron chi connectivity index (χ4n) is 3.11. The number of anilines is 2. The second-order valence-electron chi connectivity index (χ2n) is 6.84. The maximum Gasteiger partial charge on any atom is 0.351 e. The Labute approximate surface area is 182 Å². The van der Waals surface area contributed by atoms with Crippen LogP contribution in [0.25, 0.3) is 0 Å². The molecular weight excluding hydrogens is 423 g/mol. The number of para-hydroxylation sites is 3. The van der Waals surface area contributed by atoms with Crippen LogP contribution in [0.3, 0.4) is 0 Å². The van der Waals surface area contributed by atoms with E-state index in [1.807, 2.05) is 6.07 Å². The van der Waals surface area contributed by atoms with Crippen LogP contribution in [0.4, 0.5) is 15.2 Å². The van der Waals surface area contributed by atoms with Crippen LogP contribution < -0.4 is 14.4 Å². The molecule has 2 unspecified atom stereocenters. The Morgan fingerprint density at radius 2 is 1.81 bits per heavy atom. The van der Waals surface area contributed by atoms with Gasteiger partial charge in [0.15, 0.2) is 16.6 Å². The van der Waals surface area contributed by atoms with Crippen molar-refractivity contribution in [3.05, 3.63) is 65.4 Å². The molecule has 0 saturated carbocycles. The first-order valence-electron chi connectivity index (χ1n) is 9.52. The predicted molar refractivity (Wildman–Crippen MR) is 112 cm³/mol. The van der Waals surface area contributed by atoms with Gasteiger partial charge in [0, 0.05) is 12.3 Å². The fourth-order valence-corrected chi connectivity index (χ4v) is 3.98. The van der Waals surface area contributed by atoms with Crippen molar-refractivity contribution >= 4 is 34.0 Å². The molecule has 1 amide bonds. The minimum atomic E-state index is -0.917. The first kappa shape index (κ1) is 20.8. The minimum absolute atomic E-state index is 0.105. The molecular formula is C22H19FN2O5S. The molecule has 1 aromatic heterocycles. The zero-order chi connectivity index (χ0) is 22.0. The Kier molecular flexibility index (Phi) is 5.85. The fraction of sp³-hybridized carbons (Fsp3) is 0.227. The van der Waals surface area contributed by atoms with E-state index in [0.29, 0.717) is 17.2 Å². The minimum Gasteiger partial charge on any atom is -0.482 e. The Morgan fingerprint density at radius 3 is 2.52 bits per heavy atom. The molecule has 2 atom stereocenters. The smallest absolute Gasteiger partial charge is 0.351 e. The molecule has 0 saturated heterocycles. The number of carbonyl (C=O) groups excluding carboxylic acids is 2. The zero-order valence-electron chi connectivity index (χ0n) is 16.8. The summed E-state index contributed by atoms with van der Waals surface area (Å²) in [5, 5.41) is 1.93. The summed E-state index contributed by atoms with van der Waals surface area (Å²) in [5.74, 6) is -0.469. The lowest BCUT2D eigenvalue weighted by Crippen LogP contribution is -2.44. The first-order chi connectivity index (χ1) is 14.9. The van der Waals surface area contributed by atoms with Gasteiger partial charge in [0.25, 0.3) is 0 Å². The van der Waals surface area contributed by atoms with E-state index in [4.69, 9.17) is 14.2 Å². The maximum absolute atomic E-state index is 14.2. The topological polar surface area (TPSA) is 78.0 Å². The van der Waals surface area contributed by atoms with Crippen molar-refractivity contribution in [3.63, 3.8) is 0 Å². The summed E-state index contributed by atoms with van der Waals surface area (Å²) in [6.07, 6.45) is -1.44. The van der Waals surface area contributed by atoms with Crippen LogP contribution in [0.15, 0.2) is 53.9 Å². The van der Waals surface area contributed by atoms with Crippen LogP contribution in [-0.2, 0) is 20.9 Å². The number of amides is 1. The van der Waals surface area contributed by atoms with Crippen molar-refractivity contribution in [1.29, 1.82) is 0 Å². The summed E-state index contributed by atoms with van der Waals surface area (Å²) in [4.78, 5) is 30.2. The van der Waals surface area contributed by atoms with Crippen LogP contribution >= 0.6 is 11.3 Å². The molecule has 3 aromatic rings. The lowest BCUT2D eigenvalue weighted by molar-refractivity contribution is -0.159. The Hall–Kier alpha value is -3.46. The van der Waals surface area contributed by atoms with Gasteiger partial charge in [-0.15, -0.1) is 11.3 Å². The molecule has 4 rings (SSSR count). The summed E-state index contributed by atoms with van der Waals surface area (Å²) < 4.78 is 31.0. The van der Waals surface area contributed by atoms with E-state index in [1.165, 1.54) is 24.0 Å². The highest BCUT2D eigenvalue weighted by Crippen LogP contribution is 2.34. The van der Waals surface area contributed by atoms with Crippen LogP contribution in [0.5, 0.6) is 11.5 Å². The van der Waals surface area contributed by atoms with Gasteiger partial charge in [-0.05, 0) is 31.2 Å². The number of aromatic nitrogens is 1. The number of thiazole rings is 1. The molecule has 160 valence electrons. The molecule has 0 bridgehead atoms. The monoisotopic (exact) mass is 442 g/mol. The number of fused-ring (bicyclic) bond motifs is 1. The number of nitrogens with zero attached hydrogens (tertiary/aromatic N) is 2. The SMILES string of the molecule is CC(=O)N(c1nc(COC(=O)C2Oc3ccccc3OC2C)cs1)c1ccccc1F. The highest BCUT2D eigenvalue weighted by atomic mass is 32.1. The molecule has 9 heteroatoms. The summed E-state index contributed by atoms with van der Waals surface area (Å²) in [6, 6.07) is 13.0. The van der Waals surface area contributed by atoms with Gasteiger partial charge in [0.05, 0.1) is 11.4 Å². The van der Waals surface area contributed by atoms with Crippen molar-refractivity contribution < 1.29 is 28.2 Å². The normalized spacial score (nSPS) is 17.1. The number of benzene rings is 2. The lowest BCUT2D eigenvalue weighted by Gasteiger charge is -2.30. The molecule has 1 aliphatic rings. The van der Waals surface area contributed by atoms with Gasteiger partial charge < -0.3 is 14.2 Å². The van der Waals surface area contributed by atoms with E-state index >= 15 is 0 Å². The van der Waals surface area contributed by atoms with E-state index in [0.717, 1.165) is 11.3 Å². The third kappa shape index (κ3) is 4.36. The lowest BCUT2D eigenvalue weighted by atomic mass is 10.2. The van der Waals surface area contributed by atoms with E-state index in [2.05, 4.69) is 4.98 Å². The zero-order valence-corrected chi connectivity index (χ0v) is 17.6. The quantitative estimate of drug-likeness (QED) is 0.550. The van der Waals surface area contributed by atoms with Gasteiger partial charge in [0.1, 0.15) is 18.5 Å². The summed E-state index contributed by atoms with van der Waals surface area (Å²) >= 11 is 1.15. The predicted octanol–water partition coefficient (Wildman–Crippen LogP) is 4.24. The van der Waals surface area contributed by atoms with E-state index in [9.17, 15) is 14.0 Å². The van der Waals surface area contributed by atoms with Crippen molar-refractivity contribution in [2.24, 2.45) is 0 Å². The van der Waals surface area contributed by atoms with Gasteiger partial charge in [-0.3, -0.25) is 9.69 Å². The molecule has 0 spiro atoms. The summed E-state index contributed by atoms with van der Waals surface area (Å²) in [5.41, 5.74) is 0.536. The molecule has 0 N–H and O–H groups in total. The van der Waals surface area contributed by atoms with Crippen LogP contribution in [0.1, 0.15) is 19.5 Å². The van der Waals surface area contributed by atoms with Crippen LogP contribution in [0.2, 0.25) is 0 Å². The molecule has 2 heterocycles. The average Bonchev–Trinajstić information content (AvgIpc) is 3.21. The highest BCUT2D eigenvalue weighted by molar-refractivity contribution is 7.14. The van der Waals surface area contributed by atoms with Crippen molar-refractivity contribution in [2.45, 2.75) is 32.7 Å². The van der Waals surface area contributed by atoms with E-state index in [1.54, 1.807) is 42.6 Å². The van der Waals surface area contributed by atoms with Gasteiger partial charge in [-0.25, -0.2) is 14.2 Å². The van der Waals surface area contributed by atoms with Crippen molar-refractivity contribution in [3.8, 4) is 11.5 Å². The van der Waals surface area contributed by atoms with Crippen molar-refractivity contribution in [1.82, 2.24) is 4.98 Å². The number of hydrogen-bond acceptors (Lipinski definition) is 7. The van der Waals surface area contributed by atoms with Gasteiger partial charge in [0.2, 0.25) is 12.0 Å². The number of ether oxygens (including phenoxy) is 3. The number of hydrogen-bond donors (Lipinski definition) is 0. The largest absolute Gasteiger partial charge is 0.482 e. The average molecular weight is 442 g/mol. The van der Waals surface area contributed by atoms with E-state index < -0.39 is 24.0 Å². The Bertz CT molecular complexity index is 1120. The first-order valence-corrected chi connectivity index (χ1v) is 10.4. The van der Waals surface area contributed by atoms with Gasteiger partial charge in [-0.2, -0.15) is 0 Å². The third-order valence-corrected chi connectivity index (χ3v) is 5.45.